The minimum atomic E-state index is -0.550. The quantitative estimate of drug-likeness (QED) is 0.610. The second-order valence-corrected chi connectivity index (χ2v) is 7.08. The van der Waals surface area contributed by atoms with Gasteiger partial charge in [0.05, 0.1) is 22.6 Å². The molecule has 0 saturated carbocycles. The van der Waals surface area contributed by atoms with E-state index in [1.54, 1.807) is 35.9 Å². The average Bonchev–Trinajstić information content (AvgIpc) is 2.96. The summed E-state index contributed by atoms with van der Waals surface area (Å²) in [5, 5.41) is 7.36. The van der Waals surface area contributed by atoms with E-state index in [2.05, 4.69) is 26.3 Å². The fourth-order valence-electron chi connectivity index (χ4n) is 2.79. The zero-order valence-electron chi connectivity index (χ0n) is 15.4. The van der Waals surface area contributed by atoms with Gasteiger partial charge in [-0.15, -0.1) is 0 Å². The smallest absolute Gasteiger partial charge is 0.259 e. The lowest BCUT2D eigenvalue weighted by Crippen LogP contribution is -2.20. The number of anilines is 1. The molecule has 1 aromatic heterocycles. The van der Waals surface area contributed by atoms with Crippen LogP contribution in [0.3, 0.4) is 0 Å². The third kappa shape index (κ3) is 4.40. The normalized spacial score (nSPS) is 10.5. The summed E-state index contributed by atoms with van der Waals surface area (Å²) < 4.78 is 7.93. The lowest BCUT2D eigenvalue weighted by molar-refractivity contribution is -0.119. The molecule has 3 N–H and O–H groups in total. The number of primary amides is 1. The van der Waals surface area contributed by atoms with Crippen LogP contribution in [0.5, 0.6) is 5.75 Å². The summed E-state index contributed by atoms with van der Waals surface area (Å²) in [4.78, 5) is 23.5. The zero-order chi connectivity index (χ0) is 20.3. The molecule has 2 aromatic carbocycles. The Kier molecular flexibility index (Phi) is 5.79. The summed E-state index contributed by atoms with van der Waals surface area (Å²) in [5.41, 5.74) is 8.44. The summed E-state index contributed by atoms with van der Waals surface area (Å²) in [5.74, 6) is -0.303. The van der Waals surface area contributed by atoms with E-state index in [9.17, 15) is 9.59 Å². The van der Waals surface area contributed by atoms with E-state index in [4.69, 9.17) is 10.5 Å². The topological polar surface area (TPSA) is 99.2 Å². The molecule has 0 bridgehead atoms. The number of aromatic nitrogens is 2. The summed E-state index contributed by atoms with van der Waals surface area (Å²) in [6.45, 7) is 3.47. The Morgan fingerprint density at radius 1 is 1.11 bits per heavy atom. The first-order valence-corrected chi connectivity index (χ1v) is 9.29. The Bertz CT molecular complexity index is 1010. The molecule has 0 atom stereocenters. The fourth-order valence-corrected chi connectivity index (χ4v) is 3.05. The Morgan fingerprint density at radius 2 is 1.75 bits per heavy atom. The minimum Gasteiger partial charge on any atom is -0.484 e. The van der Waals surface area contributed by atoms with E-state index in [0.29, 0.717) is 22.7 Å². The average molecular weight is 443 g/mol. The van der Waals surface area contributed by atoms with Crippen LogP contribution in [0.25, 0.3) is 5.69 Å². The van der Waals surface area contributed by atoms with E-state index in [1.807, 2.05) is 31.2 Å². The van der Waals surface area contributed by atoms with Crippen molar-refractivity contribution in [3.63, 3.8) is 0 Å². The highest BCUT2D eigenvalue weighted by Crippen LogP contribution is 2.22. The van der Waals surface area contributed by atoms with Gasteiger partial charge in [-0.25, -0.2) is 4.68 Å². The second kappa shape index (κ2) is 8.26. The molecule has 8 heteroatoms. The van der Waals surface area contributed by atoms with Gasteiger partial charge in [-0.2, -0.15) is 5.10 Å². The van der Waals surface area contributed by atoms with Crippen molar-refractivity contribution in [2.75, 3.05) is 11.9 Å². The highest BCUT2D eigenvalue weighted by Gasteiger charge is 2.19. The third-order valence-electron chi connectivity index (χ3n) is 4.08. The van der Waals surface area contributed by atoms with E-state index < -0.39 is 5.91 Å². The summed E-state index contributed by atoms with van der Waals surface area (Å²) in [6, 6.07) is 14.4. The summed E-state index contributed by atoms with van der Waals surface area (Å²) >= 11 is 3.41. The van der Waals surface area contributed by atoms with E-state index in [1.165, 1.54) is 0 Å². The zero-order valence-corrected chi connectivity index (χ0v) is 17.0. The molecule has 0 aliphatic carbocycles. The molecule has 0 saturated heterocycles. The number of halogens is 1. The number of hydrogen-bond acceptors (Lipinski definition) is 4. The Hall–Kier alpha value is -3.13. The predicted molar refractivity (Wildman–Crippen MR) is 110 cm³/mol. The van der Waals surface area contributed by atoms with Crippen molar-refractivity contribution < 1.29 is 14.3 Å². The number of rotatable bonds is 6. The molecule has 0 unspecified atom stereocenters. The van der Waals surface area contributed by atoms with Gasteiger partial charge in [0, 0.05) is 10.2 Å². The molecular formula is C20H19BrN4O3. The van der Waals surface area contributed by atoms with Crippen LogP contribution in [-0.2, 0) is 4.79 Å². The predicted octanol–water partition coefficient (Wildman–Crippen LogP) is 3.37. The number of hydrogen-bond donors (Lipinski definition) is 2. The van der Waals surface area contributed by atoms with Crippen molar-refractivity contribution in [2.24, 2.45) is 5.73 Å². The molecular weight excluding hydrogens is 424 g/mol. The van der Waals surface area contributed by atoms with Crippen molar-refractivity contribution >= 4 is 33.4 Å². The second-order valence-electron chi connectivity index (χ2n) is 6.17. The first-order valence-electron chi connectivity index (χ1n) is 8.50. The van der Waals surface area contributed by atoms with Gasteiger partial charge in [0.25, 0.3) is 11.8 Å². The number of aryl methyl sites for hydroxylation is 1. The monoisotopic (exact) mass is 442 g/mol. The Labute approximate surface area is 170 Å². The molecule has 0 radical (unpaired) electrons. The van der Waals surface area contributed by atoms with Crippen molar-refractivity contribution in [3.8, 4) is 11.4 Å². The molecule has 7 nitrogen and oxygen atoms in total. The first kappa shape index (κ1) is 19.6. The third-order valence-corrected chi connectivity index (χ3v) is 4.61. The van der Waals surface area contributed by atoms with Gasteiger partial charge in [-0.1, -0.05) is 15.9 Å². The van der Waals surface area contributed by atoms with Gasteiger partial charge in [0.15, 0.2) is 6.61 Å². The molecule has 0 aliphatic rings. The highest BCUT2D eigenvalue weighted by atomic mass is 79.9. The molecule has 2 amide bonds. The number of carbonyl (C=O) groups is 2. The maximum absolute atomic E-state index is 12.8. The van der Waals surface area contributed by atoms with Gasteiger partial charge in [-0.3, -0.25) is 9.59 Å². The highest BCUT2D eigenvalue weighted by molar-refractivity contribution is 9.10. The lowest BCUT2D eigenvalue weighted by atomic mass is 10.1. The number of benzene rings is 2. The molecule has 0 spiro atoms. The van der Waals surface area contributed by atoms with E-state index in [0.717, 1.165) is 15.9 Å². The van der Waals surface area contributed by atoms with Gasteiger partial charge in [-0.05, 0) is 62.4 Å². The Morgan fingerprint density at radius 3 is 2.36 bits per heavy atom. The van der Waals surface area contributed by atoms with E-state index >= 15 is 0 Å². The van der Waals surface area contributed by atoms with Gasteiger partial charge in [0.1, 0.15) is 5.75 Å². The number of ether oxygens (including phenoxy) is 1. The van der Waals surface area contributed by atoms with E-state index in [-0.39, 0.29) is 12.5 Å². The maximum Gasteiger partial charge on any atom is 0.259 e. The number of nitrogens with zero attached hydrogens (tertiary/aromatic N) is 2. The molecule has 3 aromatic rings. The van der Waals surface area contributed by atoms with Gasteiger partial charge < -0.3 is 15.8 Å². The van der Waals surface area contributed by atoms with Crippen LogP contribution in [0, 0.1) is 13.8 Å². The van der Waals surface area contributed by atoms with Crippen LogP contribution < -0.4 is 15.8 Å². The van der Waals surface area contributed by atoms with Crippen molar-refractivity contribution in [3.05, 3.63) is 70.0 Å². The molecule has 3 rings (SSSR count). The number of nitrogens with one attached hydrogen (secondary N) is 1. The van der Waals surface area contributed by atoms with Crippen molar-refractivity contribution in [1.82, 2.24) is 9.78 Å². The largest absolute Gasteiger partial charge is 0.484 e. The molecule has 144 valence electrons. The minimum absolute atomic E-state index is 0.195. The standard InChI is InChI=1S/C20H19BrN4O3/c1-12-19(13(2)25(24-12)16-7-3-14(21)4-8-16)20(27)23-15-5-9-17(10-6-15)28-11-18(22)26/h3-10H,11H2,1-2H3,(H2,22,26)(H,23,27). The van der Waals surface area contributed by atoms with Crippen LogP contribution in [0.1, 0.15) is 21.7 Å². The SMILES string of the molecule is Cc1nn(-c2ccc(Br)cc2)c(C)c1C(=O)Nc1ccc(OCC(N)=O)cc1. The molecule has 1 heterocycles. The summed E-state index contributed by atoms with van der Waals surface area (Å²) in [6.07, 6.45) is 0. The lowest BCUT2D eigenvalue weighted by Gasteiger charge is -2.08. The number of carbonyl (C=O) groups excluding carboxylic acids is 2. The molecule has 0 aliphatic heterocycles. The summed E-state index contributed by atoms with van der Waals surface area (Å²) in [7, 11) is 0. The van der Waals surface area contributed by atoms with Crippen LogP contribution >= 0.6 is 15.9 Å². The number of nitrogens with two attached hydrogens (primary N) is 1. The molecule has 0 fully saturated rings. The van der Waals surface area contributed by atoms with Crippen molar-refractivity contribution in [1.29, 1.82) is 0 Å². The van der Waals surface area contributed by atoms with Crippen LogP contribution in [0.4, 0.5) is 5.69 Å². The fraction of sp³-hybridized carbons (Fsp3) is 0.150. The van der Waals surface area contributed by atoms with Crippen LogP contribution in [-0.4, -0.2) is 28.2 Å². The van der Waals surface area contributed by atoms with Gasteiger partial charge in [0.2, 0.25) is 0 Å². The maximum atomic E-state index is 12.8. The van der Waals surface area contributed by atoms with Gasteiger partial charge >= 0.3 is 0 Å². The van der Waals surface area contributed by atoms with Crippen molar-refractivity contribution in [2.45, 2.75) is 13.8 Å². The Balaban J connectivity index is 1.77. The van der Waals surface area contributed by atoms with Crippen LogP contribution in [0.15, 0.2) is 53.0 Å². The van der Waals surface area contributed by atoms with Crippen LogP contribution in [0.2, 0.25) is 0 Å². The number of amides is 2. The molecule has 28 heavy (non-hydrogen) atoms. The first-order chi connectivity index (χ1) is 13.3.